The molecule has 0 aromatic heterocycles. The van der Waals surface area contributed by atoms with E-state index in [4.69, 9.17) is 4.74 Å². The van der Waals surface area contributed by atoms with E-state index in [9.17, 15) is 18.3 Å². The molecule has 0 aliphatic rings. The number of methoxy groups -OCH3 is 1. The maximum absolute atomic E-state index is 12.4. The van der Waals surface area contributed by atoms with E-state index in [0.717, 1.165) is 11.8 Å². The monoisotopic (exact) mass is 363 g/mol. The predicted octanol–water partition coefficient (Wildman–Crippen LogP) is 2.01. The number of phenolic OH excluding ortho intramolecular Hbond substituents is 1. The van der Waals surface area contributed by atoms with Gasteiger partial charge in [0.25, 0.3) is 0 Å². The summed E-state index contributed by atoms with van der Waals surface area (Å²) in [6.45, 7) is 0.296. The summed E-state index contributed by atoms with van der Waals surface area (Å²) in [4.78, 5) is 14.1. The van der Waals surface area contributed by atoms with Crippen molar-refractivity contribution in [1.29, 1.82) is 0 Å². The number of likely N-dealkylation sites (N-methyl/N-ethyl adjacent to an activating group) is 1. The second kappa shape index (κ2) is 7.57. The van der Waals surface area contributed by atoms with Gasteiger partial charge in [0.05, 0.1) is 18.4 Å². The number of sulfone groups is 1. The van der Waals surface area contributed by atoms with Gasteiger partial charge in [-0.3, -0.25) is 4.79 Å². The number of aromatic hydroxyl groups is 1. The van der Waals surface area contributed by atoms with Gasteiger partial charge in [-0.05, 0) is 35.4 Å². The van der Waals surface area contributed by atoms with Gasteiger partial charge in [-0.2, -0.15) is 0 Å². The highest BCUT2D eigenvalue weighted by atomic mass is 32.2. The lowest BCUT2D eigenvalue weighted by atomic mass is 10.1. The number of amides is 1. The highest BCUT2D eigenvalue weighted by molar-refractivity contribution is 7.90. The first-order valence-corrected chi connectivity index (χ1v) is 9.48. The molecule has 0 fully saturated rings. The van der Waals surface area contributed by atoms with Gasteiger partial charge in [0, 0.05) is 19.8 Å². The van der Waals surface area contributed by atoms with Crippen LogP contribution in [0.3, 0.4) is 0 Å². The minimum atomic E-state index is -3.28. The quantitative estimate of drug-likeness (QED) is 0.849. The summed E-state index contributed by atoms with van der Waals surface area (Å²) in [5, 5.41) is 9.78. The number of carbonyl (C=O) groups excluding carboxylic acids is 1. The standard InChI is InChI=1S/C18H21NO5S/c1-19(12-14-5-4-6-15(9-14)25(3,22)23)18(21)11-13-7-8-17(24-2)16(20)10-13/h4-10,20H,11-12H2,1-3H3. The van der Waals surface area contributed by atoms with Gasteiger partial charge >= 0.3 is 0 Å². The zero-order chi connectivity index (χ0) is 18.6. The second-order valence-corrected chi connectivity index (χ2v) is 7.87. The van der Waals surface area contributed by atoms with Crippen molar-refractivity contribution in [3.8, 4) is 11.5 Å². The van der Waals surface area contributed by atoms with E-state index < -0.39 is 9.84 Å². The highest BCUT2D eigenvalue weighted by Crippen LogP contribution is 2.26. The van der Waals surface area contributed by atoms with Crippen LogP contribution in [0, 0.1) is 0 Å². The Morgan fingerprint density at radius 3 is 2.48 bits per heavy atom. The van der Waals surface area contributed by atoms with Crippen LogP contribution in [0.1, 0.15) is 11.1 Å². The van der Waals surface area contributed by atoms with Crippen LogP contribution in [0.15, 0.2) is 47.4 Å². The maximum atomic E-state index is 12.4. The first-order chi connectivity index (χ1) is 11.7. The molecule has 2 aromatic carbocycles. The molecule has 0 saturated carbocycles. The van der Waals surface area contributed by atoms with Crippen molar-refractivity contribution in [3.63, 3.8) is 0 Å². The van der Waals surface area contributed by atoms with Crippen LogP contribution < -0.4 is 4.74 Å². The Kier molecular flexibility index (Phi) is 5.69. The Morgan fingerprint density at radius 2 is 1.88 bits per heavy atom. The third-order valence-corrected chi connectivity index (χ3v) is 4.88. The van der Waals surface area contributed by atoms with Crippen LogP contribution >= 0.6 is 0 Å². The van der Waals surface area contributed by atoms with Crippen molar-refractivity contribution >= 4 is 15.7 Å². The zero-order valence-electron chi connectivity index (χ0n) is 14.4. The largest absolute Gasteiger partial charge is 0.504 e. The molecule has 0 unspecified atom stereocenters. The minimum absolute atomic E-state index is 0.0173. The Hall–Kier alpha value is -2.54. The van der Waals surface area contributed by atoms with E-state index in [0.29, 0.717) is 17.9 Å². The Balaban J connectivity index is 2.07. The number of phenols is 1. The smallest absolute Gasteiger partial charge is 0.227 e. The molecule has 6 nitrogen and oxygen atoms in total. The first-order valence-electron chi connectivity index (χ1n) is 7.59. The van der Waals surface area contributed by atoms with Crippen LogP contribution in [0.25, 0.3) is 0 Å². The Labute approximate surface area is 147 Å². The predicted molar refractivity (Wildman–Crippen MR) is 94.4 cm³/mol. The fourth-order valence-corrected chi connectivity index (χ4v) is 3.08. The number of rotatable bonds is 6. The van der Waals surface area contributed by atoms with E-state index in [1.54, 1.807) is 37.4 Å². The van der Waals surface area contributed by atoms with Gasteiger partial charge in [0.2, 0.25) is 5.91 Å². The molecule has 25 heavy (non-hydrogen) atoms. The molecule has 0 saturated heterocycles. The van der Waals surface area contributed by atoms with Crippen LogP contribution in [-0.4, -0.2) is 44.7 Å². The number of ether oxygens (including phenoxy) is 1. The molecule has 0 radical (unpaired) electrons. The van der Waals surface area contributed by atoms with Crippen LogP contribution in [-0.2, 0) is 27.6 Å². The number of hydrogen-bond donors (Lipinski definition) is 1. The van der Waals surface area contributed by atoms with Gasteiger partial charge in [-0.1, -0.05) is 18.2 Å². The highest BCUT2D eigenvalue weighted by Gasteiger charge is 2.13. The Morgan fingerprint density at radius 1 is 1.16 bits per heavy atom. The summed E-state index contributed by atoms with van der Waals surface area (Å²) < 4.78 is 28.2. The molecule has 2 rings (SSSR count). The van der Waals surface area contributed by atoms with Gasteiger partial charge in [-0.25, -0.2) is 8.42 Å². The fraction of sp³-hybridized carbons (Fsp3) is 0.278. The summed E-state index contributed by atoms with van der Waals surface area (Å²) in [6, 6.07) is 11.3. The molecule has 0 aliphatic heterocycles. The first kappa shape index (κ1) is 18.8. The SMILES string of the molecule is COc1ccc(CC(=O)N(C)Cc2cccc(S(C)(=O)=O)c2)cc1O. The van der Waals surface area contributed by atoms with Gasteiger partial charge in [-0.15, -0.1) is 0 Å². The molecule has 0 atom stereocenters. The van der Waals surface area contributed by atoms with E-state index in [2.05, 4.69) is 0 Å². The maximum Gasteiger partial charge on any atom is 0.227 e. The summed E-state index contributed by atoms with van der Waals surface area (Å²) in [5.41, 5.74) is 1.40. The third-order valence-electron chi connectivity index (χ3n) is 3.77. The number of benzene rings is 2. The molecule has 134 valence electrons. The summed E-state index contributed by atoms with van der Waals surface area (Å²) in [6.07, 6.45) is 1.27. The number of hydrogen-bond acceptors (Lipinski definition) is 5. The average molecular weight is 363 g/mol. The molecule has 1 N–H and O–H groups in total. The van der Waals surface area contributed by atoms with Crippen molar-refractivity contribution in [2.45, 2.75) is 17.9 Å². The van der Waals surface area contributed by atoms with E-state index in [-0.39, 0.29) is 23.0 Å². The zero-order valence-corrected chi connectivity index (χ0v) is 15.2. The van der Waals surface area contributed by atoms with Crippen LogP contribution in [0.5, 0.6) is 11.5 Å². The van der Waals surface area contributed by atoms with Crippen LogP contribution in [0.4, 0.5) is 0 Å². The van der Waals surface area contributed by atoms with E-state index in [1.807, 2.05) is 0 Å². The average Bonchev–Trinajstić information content (AvgIpc) is 2.54. The number of carbonyl (C=O) groups is 1. The molecular formula is C18H21NO5S. The molecule has 1 amide bonds. The van der Waals surface area contributed by atoms with Crippen molar-refractivity contribution < 1.29 is 23.1 Å². The minimum Gasteiger partial charge on any atom is -0.504 e. The summed E-state index contributed by atoms with van der Waals surface area (Å²) >= 11 is 0. The molecule has 0 aliphatic carbocycles. The lowest BCUT2D eigenvalue weighted by Crippen LogP contribution is -2.27. The lowest BCUT2D eigenvalue weighted by Gasteiger charge is -2.18. The van der Waals surface area contributed by atoms with Gasteiger partial charge in [0.1, 0.15) is 0 Å². The van der Waals surface area contributed by atoms with Gasteiger partial charge < -0.3 is 14.7 Å². The normalized spacial score (nSPS) is 11.2. The van der Waals surface area contributed by atoms with Crippen molar-refractivity contribution in [2.75, 3.05) is 20.4 Å². The molecule has 2 aromatic rings. The van der Waals surface area contributed by atoms with Gasteiger partial charge in [0.15, 0.2) is 21.3 Å². The lowest BCUT2D eigenvalue weighted by molar-refractivity contribution is -0.129. The molecule has 7 heteroatoms. The molecule has 0 heterocycles. The van der Waals surface area contributed by atoms with Crippen molar-refractivity contribution in [1.82, 2.24) is 4.90 Å². The molecule has 0 bridgehead atoms. The molecule has 0 spiro atoms. The number of nitrogens with zero attached hydrogens (tertiary/aromatic N) is 1. The second-order valence-electron chi connectivity index (χ2n) is 5.85. The Bertz CT molecular complexity index is 877. The van der Waals surface area contributed by atoms with Crippen LogP contribution in [0.2, 0.25) is 0 Å². The summed E-state index contributed by atoms with van der Waals surface area (Å²) in [5.74, 6) is 0.188. The topological polar surface area (TPSA) is 83.9 Å². The van der Waals surface area contributed by atoms with Crippen molar-refractivity contribution in [3.05, 3.63) is 53.6 Å². The summed E-state index contributed by atoms with van der Waals surface area (Å²) in [7, 11) is -0.176. The molecular weight excluding hydrogens is 342 g/mol. The van der Waals surface area contributed by atoms with Crippen molar-refractivity contribution in [2.24, 2.45) is 0 Å². The fourth-order valence-electron chi connectivity index (χ4n) is 2.39. The third kappa shape index (κ3) is 4.96. The van der Waals surface area contributed by atoms with E-state index in [1.165, 1.54) is 24.1 Å². The van der Waals surface area contributed by atoms with E-state index >= 15 is 0 Å².